The minimum atomic E-state index is -2.36. The molecule has 2 aromatic carbocycles. The van der Waals surface area contributed by atoms with Crippen LogP contribution in [-0.2, 0) is 17.7 Å². The number of pyridine rings is 1. The average Bonchev–Trinajstić information content (AvgIpc) is 2.82. The Morgan fingerprint density at radius 1 is 1.12 bits per heavy atom. The highest BCUT2D eigenvalue weighted by Crippen LogP contribution is 2.28. The molecule has 2 heterocycles. The lowest BCUT2D eigenvalue weighted by molar-refractivity contribution is 0.103. The number of ketones is 1. The van der Waals surface area contributed by atoms with Crippen molar-refractivity contribution >= 4 is 39.7 Å². The zero-order valence-corrected chi connectivity index (χ0v) is 19.6. The van der Waals surface area contributed by atoms with Crippen LogP contribution in [0.4, 0.5) is 4.39 Å². The van der Waals surface area contributed by atoms with Gasteiger partial charge in [0, 0.05) is 40.8 Å². The molecule has 0 amide bonds. The summed E-state index contributed by atoms with van der Waals surface area (Å²) < 4.78 is 38.1. The predicted molar refractivity (Wildman–Crippen MR) is 128 cm³/mol. The number of fused-ring (bicyclic) bond motifs is 1. The molecule has 1 unspecified atom stereocenters. The van der Waals surface area contributed by atoms with E-state index in [1.807, 2.05) is 19.1 Å². The van der Waals surface area contributed by atoms with Crippen LogP contribution in [0.2, 0.25) is 5.02 Å². The highest BCUT2D eigenvalue weighted by molar-refractivity contribution is 7.77. The molecule has 0 spiro atoms. The number of nitrogens with one attached hydrogen (secondary N) is 1. The Morgan fingerprint density at radius 2 is 1.94 bits per heavy atom. The fourth-order valence-corrected chi connectivity index (χ4v) is 4.13. The van der Waals surface area contributed by atoms with Crippen LogP contribution in [0.25, 0.3) is 22.3 Å². The average molecular weight is 498 g/mol. The number of hydrogen-bond acceptors (Lipinski definition) is 6. The van der Waals surface area contributed by atoms with Crippen LogP contribution in [0.5, 0.6) is 0 Å². The number of benzene rings is 2. The van der Waals surface area contributed by atoms with E-state index < -0.39 is 22.9 Å². The zero-order chi connectivity index (χ0) is 24.2. The number of hydrogen-bond donors (Lipinski definition) is 1. The van der Waals surface area contributed by atoms with Gasteiger partial charge in [-0.15, -0.1) is 0 Å². The predicted octanol–water partition coefficient (Wildman–Crippen LogP) is 4.34. The molecule has 0 bridgehead atoms. The quantitative estimate of drug-likeness (QED) is 0.220. The molecule has 0 aliphatic rings. The summed E-state index contributed by atoms with van der Waals surface area (Å²) in [6.45, 7) is 2.09. The van der Waals surface area contributed by atoms with Crippen molar-refractivity contribution < 1.29 is 17.9 Å². The van der Waals surface area contributed by atoms with Gasteiger partial charge in [-0.1, -0.05) is 17.7 Å². The van der Waals surface area contributed by atoms with Crippen molar-refractivity contribution in [1.82, 2.24) is 19.7 Å². The minimum absolute atomic E-state index is 0.0129. The Morgan fingerprint density at radius 3 is 2.68 bits per heavy atom. The van der Waals surface area contributed by atoms with Gasteiger partial charge >= 0.3 is 0 Å². The Balaban J connectivity index is 1.64. The molecule has 1 N–H and O–H groups in total. The number of rotatable bonds is 8. The van der Waals surface area contributed by atoms with Crippen molar-refractivity contribution in [3.63, 3.8) is 0 Å². The smallest absolute Gasteiger partial charge is 0.197 e. The molecule has 174 valence electrons. The van der Waals surface area contributed by atoms with E-state index in [0.29, 0.717) is 35.1 Å². The number of nitrogens with zero attached hydrogens (tertiary/aromatic N) is 3. The minimum Gasteiger partial charge on any atom is -0.760 e. The van der Waals surface area contributed by atoms with Crippen LogP contribution in [0, 0.1) is 12.7 Å². The van der Waals surface area contributed by atoms with Gasteiger partial charge < -0.3 is 4.55 Å². The Labute approximate surface area is 202 Å². The summed E-state index contributed by atoms with van der Waals surface area (Å²) >= 11 is 4.04. The summed E-state index contributed by atoms with van der Waals surface area (Å²) in [7, 11) is 0. The second kappa shape index (κ2) is 10.4. The number of carbonyl (C=O) groups is 1. The summed E-state index contributed by atoms with van der Waals surface area (Å²) in [6, 6.07) is 11.2. The van der Waals surface area contributed by atoms with Gasteiger partial charge in [0.05, 0.1) is 33.5 Å². The van der Waals surface area contributed by atoms with E-state index in [1.54, 1.807) is 30.6 Å². The summed E-state index contributed by atoms with van der Waals surface area (Å²) in [5.74, 6) is -1.31. The molecule has 4 aromatic rings. The van der Waals surface area contributed by atoms with Crippen molar-refractivity contribution in [2.75, 3.05) is 6.54 Å². The summed E-state index contributed by atoms with van der Waals surface area (Å²) in [5, 5.41) is 0.0129. The van der Waals surface area contributed by atoms with Gasteiger partial charge in [0.1, 0.15) is 5.82 Å². The van der Waals surface area contributed by atoms with Crippen LogP contribution < -0.4 is 4.72 Å². The van der Waals surface area contributed by atoms with Gasteiger partial charge in [-0.3, -0.25) is 19.0 Å². The number of carbonyl (C=O) groups excluding carboxylic acids is 1. The zero-order valence-electron chi connectivity index (χ0n) is 18.0. The van der Waals surface area contributed by atoms with Crippen LogP contribution in [-0.4, -0.2) is 36.0 Å². The lowest BCUT2D eigenvalue weighted by Gasteiger charge is -2.12. The second-order valence-corrected chi connectivity index (χ2v) is 8.74. The van der Waals surface area contributed by atoms with Gasteiger partial charge in [-0.05, 0) is 61.7 Å². The van der Waals surface area contributed by atoms with E-state index in [1.165, 1.54) is 12.1 Å². The van der Waals surface area contributed by atoms with Gasteiger partial charge in [-0.25, -0.2) is 14.1 Å². The number of aryl methyl sites for hydroxylation is 2. The molecule has 0 aliphatic carbocycles. The molecule has 7 nitrogen and oxygen atoms in total. The van der Waals surface area contributed by atoms with Gasteiger partial charge in [-0.2, -0.15) is 0 Å². The van der Waals surface area contributed by atoms with E-state index in [0.717, 1.165) is 11.3 Å². The monoisotopic (exact) mass is 497 g/mol. The SMILES string of the molecule is Cc1ccc(-c2cnc3ccc(C(=O)c4c(F)ccc(CCCNS(=O)[O-])c4Cl)cc3n2)cn1. The van der Waals surface area contributed by atoms with Crippen molar-refractivity contribution in [3.05, 3.63) is 88.1 Å². The molecule has 34 heavy (non-hydrogen) atoms. The number of halogens is 2. The summed E-state index contributed by atoms with van der Waals surface area (Å²) in [4.78, 5) is 26.5. The van der Waals surface area contributed by atoms with Crippen molar-refractivity contribution in [1.29, 1.82) is 0 Å². The fourth-order valence-electron chi connectivity index (χ4n) is 3.49. The summed E-state index contributed by atoms with van der Waals surface area (Å²) in [5.41, 5.74) is 3.88. The molecule has 0 aliphatic heterocycles. The van der Waals surface area contributed by atoms with Gasteiger partial charge in [0.15, 0.2) is 5.78 Å². The second-order valence-electron chi connectivity index (χ2n) is 7.60. The molecule has 1 atom stereocenters. The molecule has 0 fully saturated rings. The molecule has 10 heteroatoms. The van der Waals surface area contributed by atoms with E-state index >= 15 is 0 Å². The van der Waals surface area contributed by atoms with Gasteiger partial charge in [0.25, 0.3) is 0 Å². The molecule has 2 aromatic heterocycles. The maximum atomic E-state index is 14.7. The molecule has 0 saturated carbocycles. The van der Waals surface area contributed by atoms with Crippen LogP contribution in [0.15, 0.2) is 54.9 Å². The van der Waals surface area contributed by atoms with E-state index in [9.17, 15) is 17.9 Å². The highest BCUT2D eigenvalue weighted by atomic mass is 35.5. The molecular weight excluding hydrogens is 479 g/mol. The summed E-state index contributed by atoms with van der Waals surface area (Å²) in [6.07, 6.45) is 4.15. The first-order chi connectivity index (χ1) is 16.3. The van der Waals surface area contributed by atoms with Crippen LogP contribution in [0.1, 0.15) is 33.6 Å². The maximum Gasteiger partial charge on any atom is 0.197 e. The fraction of sp³-hybridized carbons (Fsp3) is 0.167. The van der Waals surface area contributed by atoms with Crippen LogP contribution >= 0.6 is 11.6 Å². The van der Waals surface area contributed by atoms with Crippen molar-refractivity contribution in [2.24, 2.45) is 0 Å². The molecular formula is C24H19ClFN4O3S-. The third-order valence-electron chi connectivity index (χ3n) is 5.25. The standard InChI is InChI=1S/C24H20ClFN4O3S/c1-14-4-5-17(12-27-14)21-13-28-19-9-7-16(11-20(19)30-21)24(31)22-18(26)8-6-15(23(22)25)3-2-10-29-34(32)33/h4-9,11-13,29H,2-3,10H2,1H3,(H,32,33)/p-1. The van der Waals surface area contributed by atoms with Crippen LogP contribution in [0.3, 0.4) is 0 Å². The third kappa shape index (κ3) is 5.34. The molecule has 0 radical (unpaired) electrons. The largest absolute Gasteiger partial charge is 0.760 e. The van der Waals surface area contributed by atoms with Gasteiger partial charge in [0.2, 0.25) is 0 Å². The lowest BCUT2D eigenvalue weighted by atomic mass is 9.98. The number of aromatic nitrogens is 3. The molecule has 4 rings (SSSR count). The van der Waals surface area contributed by atoms with Crippen molar-refractivity contribution in [3.8, 4) is 11.3 Å². The Bertz CT molecular complexity index is 1400. The lowest BCUT2D eigenvalue weighted by Crippen LogP contribution is -2.18. The Kier molecular flexibility index (Phi) is 7.38. The van der Waals surface area contributed by atoms with E-state index in [-0.39, 0.29) is 22.7 Å². The first kappa shape index (κ1) is 24.0. The Hall–Kier alpha value is -3.11. The third-order valence-corrected chi connectivity index (χ3v) is 6.12. The molecule has 0 saturated heterocycles. The van der Waals surface area contributed by atoms with E-state index in [4.69, 9.17) is 11.6 Å². The topological polar surface area (TPSA) is 108 Å². The maximum absolute atomic E-state index is 14.7. The normalized spacial score (nSPS) is 12.1. The highest BCUT2D eigenvalue weighted by Gasteiger charge is 2.21. The first-order valence-electron chi connectivity index (χ1n) is 10.4. The van der Waals surface area contributed by atoms with Crippen molar-refractivity contribution in [2.45, 2.75) is 19.8 Å². The van der Waals surface area contributed by atoms with E-state index in [2.05, 4.69) is 19.7 Å². The first-order valence-corrected chi connectivity index (χ1v) is 11.8.